The molecular formula is C15H17NO3. The Morgan fingerprint density at radius 3 is 2.47 bits per heavy atom. The Balaban J connectivity index is 1.59. The minimum Gasteiger partial charge on any atom is -0.480 e. The SMILES string of the molecule is O=C(NC(C(=O)O)C1CC1)C1CC1c1ccccc1. The van der Waals surface area contributed by atoms with Crippen LogP contribution < -0.4 is 5.32 Å². The molecule has 0 saturated heterocycles. The highest BCUT2D eigenvalue weighted by molar-refractivity contribution is 5.87. The van der Waals surface area contributed by atoms with Crippen molar-refractivity contribution in [2.75, 3.05) is 0 Å². The molecule has 2 aliphatic carbocycles. The monoisotopic (exact) mass is 259 g/mol. The molecule has 4 heteroatoms. The van der Waals surface area contributed by atoms with E-state index in [4.69, 9.17) is 5.11 Å². The van der Waals surface area contributed by atoms with E-state index in [0.717, 1.165) is 19.3 Å². The average Bonchev–Trinajstić information content (AvgIpc) is 3.29. The van der Waals surface area contributed by atoms with E-state index in [-0.39, 0.29) is 23.7 Å². The van der Waals surface area contributed by atoms with Crippen molar-refractivity contribution in [1.82, 2.24) is 5.32 Å². The summed E-state index contributed by atoms with van der Waals surface area (Å²) in [5.74, 6) is -0.672. The quantitative estimate of drug-likeness (QED) is 0.847. The van der Waals surface area contributed by atoms with Gasteiger partial charge < -0.3 is 10.4 Å². The maximum atomic E-state index is 12.1. The summed E-state index contributed by atoms with van der Waals surface area (Å²) in [6.45, 7) is 0. The van der Waals surface area contributed by atoms with Crippen molar-refractivity contribution in [1.29, 1.82) is 0 Å². The molecule has 2 saturated carbocycles. The van der Waals surface area contributed by atoms with Gasteiger partial charge in [0.2, 0.25) is 5.91 Å². The van der Waals surface area contributed by atoms with Gasteiger partial charge in [0.1, 0.15) is 6.04 Å². The largest absolute Gasteiger partial charge is 0.480 e. The first-order chi connectivity index (χ1) is 9.16. The standard InChI is InChI=1S/C15H17NO3/c17-14(16-13(15(18)19)10-6-7-10)12-8-11(12)9-4-2-1-3-5-9/h1-5,10-13H,6-8H2,(H,16,17)(H,18,19). The van der Waals surface area contributed by atoms with Crippen LogP contribution in [0, 0.1) is 11.8 Å². The van der Waals surface area contributed by atoms with Crippen LogP contribution in [-0.2, 0) is 9.59 Å². The van der Waals surface area contributed by atoms with E-state index in [1.54, 1.807) is 0 Å². The van der Waals surface area contributed by atoms with Gasteiger partial charge in [-0.2, -0.15) is 0 Å². The van der Waals surface area contributed by atoms with Crippen LogP contribution in [0.3, 0.4) is 0 Å². The van der Waals surface area contributed by atoms with Crippen molar-refractivity contribution in [3.05, 3.63) is 35.9 Å². The van der Waals surface area contributed by atoms with Crippen molar-refractivity contribution in [3.8, 4) is 0 Å². The molecule has 0 aromatic heterocycles. The van der Waals surface area contributed by atoms with Gasteiger partial charge in [-0.15, -0.1) is 0 Å². The third kappa shape index (κ3) is 2.62. The summed E-state index contributed by atoms with van der Waals surface area (Å²) < 4.78 is 0. The summed E-state index contributed by atoms with van der Waals surface area (Å²) in [4.78, 5) is 23.2. The molecule has 0 aliphatic heterocycles. The van der Waals surface area contributed by atoms with Gasteiger partial charge in [0.15, 0.2) is 0 Å². The lowest BCUT2D eigenvalue weighted by molar-refractivity contribution is -0.142. The summed E-state index contributed by atoms with van der Waals surface area (Å²) in [5, 5.41) is 11.8. The van der Waals surface area contributed by atoms with Crippen molar-refractivity contribution in [2.24, 2.45) is 11.8 Å². The number of benzene rings is 1. The first-order valence-electron chi connectivity index (χ1n) is 6.75. The number of carbonyl (C=O) groups is 2. The number of hydrogen-bond acceptors (Lipinski definition) is 2. The molecule has 100 valence electrons. The van der Waals surface area contributed by atoms with Gasteiger partial charge in [-0.3, -0.25) is 4.79 Å². The molecule has 3 rings (SSSR count). The van der Waals surface area contributed by atoms with Crippen LogP contribution in [0.4, 0.5) is 0 Å². The smallest absolute Gasteiger partial charge is 0.326 e. The molecular weight excluding hydrogens is 242 g/mol. The van der Waals surface area contributed by atoms with Crippen LogP contribution in [-0.4, -0.2) is 23.0 Å². The van der Waals surface area contributed by atoms with Gasteiger partial charge >= 0.3 is 5.97 Å². The van der Waals surface area contributed by atoms with Crippen LogP contribution in [0.5, 0.6) is 0 Å². The van der Waals surface area contributed by atoms with E-state index in [2.05, 4.69) is 5.32 Å². The highest BCUT2D eigenvalue weighted by Gasteiger charge is 2.46. The molecule has 1 aromatic rings. The number of aliphatic carboxylic acids is 1. The van der Waals surface area contributed by atoms with Crippen LogP contribution in [0.25, 0.3) is 0 Å². The summed E-state index contributed by atoms with van der Waals surface area (Å²) >= 11 is 0. The van der Waals surface area contributed by atoms with Crippen molar-refractivity contribution in [2.45, 2.75) is 31.2 Å². The lowest BCUT2D eigenvalue weighted by Crippen LogP contribution is -2.43. The number of carbonyl (C=O) groups excluding carboxylic acids is 1. The zero-order valence-electron chi connectivity index (χ0n) is 10.6. The predicted octanol–water partition coefficient (Wildman–Crippen LogP) is 1.77. The van der Waals surface area contributed by atoms with E-state index >= 15 is 0 Å². The van der Waals surface area contributed by atoms with Gasteiger partial charge in [0, 0.05) is 5.92 Å². The topological polar surface area (TPSA) is 66.4 Å². The fourth-order valence-electron chi connectivity index (χ4n) is 2.62. The second-order valence-electron chi connectivity index (χ2n) is 5.52. The van der Waals surface area contributed by atoms with E-state index in [1.807, 2.05) is 30.3 Å². The Kier molecular flexibility index (Phi) is 3.01. The minimum atomic E-state index is -0.909. The number of hydrogen-bond donors (Lipinski definition) is 2. The molecule has 19 heavy (non-hydrogen) atoms. The molecule has 2 fully saturated rings. The number of carboxylic acid groups (broad SMARTS) is 1. The third-order valence-electron chi connectivity index (χ3n) is 4.01. The number of amides is 1. The van der Waals surface area contributed by atoms with E-state index < -0.39 is 12.0 Å². The molecule has 0 radical (unpaired) electrons. The lowest BCUT2D eigenvalue weighted by Gasteiger charge is -2.13. The normalized spacial score (nSPS) is 26.5. The summed E-state index contributed by atoms with van der Waals surface area (Å²) in [7, 11) is 0. The Hall–Kier alpha value is -1.84. The van der Waals surface area contributed by atoms with Crippen molar-refractivity contribution < 1.29 is 14.7 Å². The predicted molar refractivity (Wildman–Crippen MR) is 69.6 cm³/mol. The Labute approximate surface area is 111 Å². The summed E-state index contributed by atoms with van der Waals surface area (Å²) in [6.07, 6.45) is 2.64. The maximum absolute atomic E-state index is 12.1. The second kappa shape index (κ2) is 4.68. The molecule has 1 amide bonds. The van der Waals surface area contributed by atoms with Crippen molar-refractivity contribution >= 4 is 11.9 Å². The fourth-order valence-corrected chi connectivity index (χ4v) is 2.62. The maximum Gasteiger partial charge on any atom is 0.326 e. The summed E-state index contributed by atoms with van der Waals surface area (Å²) in [5.41, 5.74) is 1.17. The summed E-state index contributed by atoms with van der Waals surface area (Å²) in [6, 6.07) is 9.24. The zero-order chi connectivity index (χ0) is 13.4. The number of nitrogens with one attached hydrogen (secondary N) is 1. The first kappa shape index (κ1) is 12.2. The second-order valence-corrected chi connectivity index (χ2v) is 5.52. The van der Waals surface area contributed by atoms with Crippen molar-refractivity contribution in [3.63, 3.8) is 0 Å². The van der Waals surface area contributed by atoms with Crippen LogP contribution >= 0.6 is 0 Å². The molecule has 1 aromatic carbocycles. The van der Waals surface area contributed by atoms with E-state index in [9.17, 15) is 9.59 Å². The highest BCUT2D eigenvalue weighted by atomic mass is 16.4. The third-order valence-corrected chi connectivity index (χ3v) is 4.01. The molecule has 0 spiro atoms. The number of carboxylic acids is 1. The molecule has 0 bridgehead atoms. The Bertz CT molecular complexity index is 495. The zero-order valence-corrected chi connectivity index (χ0v) is 10.6. The van der Waals surface area contributed by atoms with E-state index in [1.165, 1.54) is 5.56 Å². The number of rotatable bonds is 5. The van der Waals surface area contributed by atoms with E-state index in [0.29, 0.717) is 0 Å². The lowest BCUT2D eigenvalue weighted by atomic mass is 10.1. The molecule has 0 heterocycles. The van der Waals surface area contributed by atoms with Gasteiger partial charge in [-0.05, 0) is 36.7 Å². The molecule has 3 atom stereocenters. The van der Waals surface area contributed by atoms with Gasteiger partial charge in [0.05, 0.1) is 0 Å². The van der Waals surface area contributed by atoms with Gasteiger partial charge in [-0.25, -0.2) is 4.79 Å². The van der Waals surface area contributed by atoms with Crippen LogP contribution in [0.2, 0.25) is 0 Å². The fraction of sp³-hybridized carbons (Fsp3) is 0.467. The Morgan fingerprint density at radius 2 is 1.89 bits per heavy atom. The Morgan fingerprint density at radius 1 is 1.21 bits per heavy atom. The average molecular weight is 259 g/mol. The molecule has 2 N–H and O–H groups in total. The van der Waals surface area contributed by atoms with Crippen LogP contribution in [0.15, 0.2) is 30.3 Å². The molecule has 3 unspecified atom stereocenters. The first-order valence-corrected chi connectivity index (χ1v) is 6.75. The molecule has 4 nitrogen and oxygen atoms in total. The molecule has 2 aliphatic rings. The van der Waals surface area contributed by atoms with Gasteiger partial charge in [-0.1, -0.05) is 30.3 Å². The van der Waals surface area contributed by atoms with Gasteiger partial charge in [0.25, 0.3) is 0 Å². The highest BCUT2D eigenvalue weighted by Crippen LogP contribution is 2.47. The van der Waals surface area contributed by atoms with Crippen LogP contribution in [0.1, 0.15) is 30.7 Å². The minimum absolute atomic E-state index is 0.0528.